The van der Waals surface area contributed by atoms with Crippen LogP contribution in [0.5, 0.6) is 0 Å². The van der Waals surface area contributed by atoms with Crippen molar-refractivity contribution in [3.63, 3.8) is 0 Å². The van der Waals surface area contributed by atoms with Crippen molar-refractivity contribution in [3.05, 3.63) is 28.9 Å². The molecule has 0 bridgehead atoms. The van der Waals surface area contributed by atoms with Gasteiger partial charge in [-0.05, 0) is 45.6 Å². The summed E-state index contributed by atoms with van der Waals surface area (Å²) in [6.45, 7) is 10.3. The van der Waals surface area contributed by atoms with Crippen molar-refractivity contribution in [2.75, 3.05) is 0 Å². The number of nitrogens with one attached hydrogen (secondary N) is 1. The van der Waals surface area contributed by atoms with Gasteiger partial charge in [0.1, 0.15) is 0 Å². The molecule has 3 nitrogen and oxygen atoms in total. The highest BCUT2D eigenvalue weighted by molar-refractivity contribution is 6.66. The van der Waals surface area contributed by atoms with Crippen LogP contribution in [0.3, 0.4) is 0 Å². The zero-order valence-electron chi connectivity index (χ0n) is 12.5. The maximum Gasteiger partial charge on any atom is 0.495 e. The number of aromatic nitrogens is 1. The number of hydrogen-bond donors (Lipinski definition) is 1. The topological polar surface area (TPSA) is 34.2 Å². The fraction of sp³-hybridized carbons (Fsp3) is 0.467. The van der Waals surface area contributed by atoms with Crippen LogP contribution in [0.25, 0.3) is 10.9 Å². The van der Waals surface area contributed by atoms with Crippen molar-refractivity contribution in [2.24, 2.45) is 0 Å². The third kappa shape index (κ3) is 1.90. The van der Waals surface area contributed by atoms with E-state index < -0.39 is 7.12 Å². The summed E-state index contributed by atoms with van der Waals surface area (Å²) in [6.07, 6.45) is 1.81. The molecule has 0 atom stereocenters. The molecular formula is C15H19BClNO2. The summed E-state index contributed by atoms with van der Waals surface area (Å²) in [7, 11) is -0.392. The van der Waals surface area contributed by atoms with Gasteiger partial charge >= 0.3 is 7.12 Å². The van der Waals surface area contributed by atoms with Gasteiger partial charge in [0.15, 0.2) is 0 Å². The van der Waals surface area contributed by atoms with Crippen molar-refractivity contribution in [1.82, 2.24) is 4.98 Å². The van der Waals surface area contributed by atoms with E-state index in [0.717, 1.165) is 21.9 Å². The van der Waals surface area contributed by atoms with E-state index in [1.807, 2.05) is 12.3 Å². The largest absolute Gasteiger partial charge is 0.495 e. The maximum absolute atomic E-state index is 6.33. The molecule has 2 heterocycles. The molecule has 2 aromatic rings. The monoisotopic (exact) mass is 291 g/mol. The lowest BCUT2D eigenvalue weighted by Gasteiger charge is -2.32. The third-order valence-electron chi connectivity index (χ3n) is 4.54. The lowest BCUT2D eigenvalue weighted by molar-refractivity contribution is 0.00578. The highest BCUT2D eigenvalue weighted by Crippen LogP contribution is 2.37. The van der Waals surface area contributed by atoms with Crippen LogP contribution in [0.4, 0.5) is 0 Å². The zero-order valence-corrected chi connectivity index (χ0v) is 13.3. The average Bonchev–Trinajstić information content (AvgIpc) is 2.80. The molecule has 1 aliphatic heterocycles. The van der Waals surface area contributed by atoms with Crippen molar-refractivity contribution in [2.45, 2.75) is 45.8 Å². The summed E-state index contributed by atoms with van der Waals surface area (Å²) in [5.41, 5.74) is 2.49. The smallest absolute Gasteiger partial charge is 0.399 e. The molecular weight excluding hydrogens is 272 g/mol. The quantitative estimate of drug-likeness (QED) is 0.817. The van der Waals surface area contributed by atoms with Crippen LogP contribution in [-0.2, 0) is 9.31 Å². The maximum atomic E-state index is 6.33. The summed E-state index contributed by atoms with van der Waals surface area (Å²) in [6, 6.07) is 4.11. The van der Waals surface area contributed by atoms with Gasteiger partial charge in [0.05, 0.1) is 16.2 Å². The number of halogens is 1. The van der Waals surface area contributed by atoms with Crippen molar-refractivity contribution in [3.8, 4) is 0 Å². The Morgan fingerprint density at radius 1 is 1.10 bits per heavy atom. The van der Waals surface area contributed by atoms with Crippen molar-refractivity contribution < 1.29 is 9.31 Å². The predicted octanol–water partition coefficient (Wildman–Crippen LogP) is 3.43. The fourth-order valence-electron chi connectivity index (χ4n) is 2.54. The Hall–Kier alpha value is -0.965. The standard InChI is InChI=1S/C15H19BClNO2/c1-9-6-7-10(12-11(17)8-18-13(9)12)16-19-14(2,3)15(4,5)20-16/h6-8,18H,1-5H3. The Morgan fingerprint density at radius 3 is 2.30 bits per heavy atom. The zero-order chi connectivity index (χ0) is 14.7. The van der Waals surface area contributed by atoms with Gasteiger partial charge in [-0.1, -0.05) is 23.7 Å². The first-order valence-corrected chi connectivity index (χ1v) is 7.22. The molecule has 0 spiro atoms. The fourth-order valence-corrected chi connectivity index (χ4v) is 2.80. The van der Waals surface area contributed by atoms with Gasteiger partial charge < -0.3 is 14.3 Å². The first-order valence-electron chi connectivity index (χ1n) is 6.85. The summed E-state index contributed by atoms with van der Waals surface area (Å²) in [5, 5.41) is 1.69. The molecule has 1 aliphatic rings. The van der Waals surface area contributed by atoms with E-state index in [4.69, 9.17) is 20.9 Å². The van der Waals surface area contributed by atoms with E-state index in [1.165, 1.54) is 0 Å². The van der Waals surface area contributed by atoms with E-state index in [9.17, 15) is 0 Å². The van der Waals surface area contributed by atoms with Gasteiger partial charge in [0, 0.05) is 17.1 Å². The second kappa shape index (κ2) is 4.26. The molecule has 3 rings (SSSR count). The van der Waals surface area contributed by atoms with Gasteiger partial charge in [-0.3, -0.25) is 0 Å². The second-order valence-electron chi connectivity index (χ2n) is 6.45. The molecule has 5 heteroatoms. The van der Waals surface area contributed by atoms with Crippen LogP contribution in [0, 0.1) is 6.92 Å². The lowest BCUT2D eigenvalue weighted by Crippen LogP contribution is -2.41. The first-order chi connectivity index (χ1) is 9.23. The minimum absolute atomic E-state index is 0.350. The Balaban J connectivity index is 2.13. The van der Waals surface area contributed by atoms with Gasteiger partial charge in [0.2, 0.25) is 0 Å². The highest BCUT2D eigenvalue weighted by Gasteiger charge is 2.52. The number of rotatable bonds is 1. The molecule has 0 unspecified atom stereocenters. The first kappa shape index (κ1) is 14.0. The Morgan fingerprint density at radius 2 is 1.70 bits per heavy atom. The SMILES string of the molecule is Cc1ccc(B2OC(C)(C)C(C)(C)O2)c2c(Cl)c[nH]c12. The van der Waals surface area contributed by atoms with Gasteiger partial charge in [-0.25, -0.2) is 0 Å². The predicted molar refractivity (Wildman–Crippen MR) is 83.8 cm³/mol. The molecule has 1 aromatic heterocycles. The molecule has 1 aromatic carbocycles. The molecule has 1 saturated heterocycles. The van der Waals surface area contributed by atoms with Crippen LogP contribution >= 0.6 is 11.6 Å². The van der Waals surface area contributed by atoms with Crippen molar-refractivity contribution in [1.29, 1.82) is 0 Å². The number of hydrogen-bond acceptors (Lipinski definition) is 2. The van der Waals surface area contributed by atoms with E-state index in [0.29, 0.717) is 5.02 Å². The number of aromatic amines is 1. The van der Waals surface area contributed by atoms with Crippen molar-refractivity contribution >= 4 is 35.1 Å². The Labute approximate surface area is 124 Å². The van der Waals surface area contributed by atoms with E-state index in [2.05, 4.69) is 45.7 Å². The summed E-state index contributed by atoms with van der Waals surface area (Å²) < 4.78 is 12.3. The molecule has 0 aliphatic carbocycles. The van der Waals surface area contributed by atoms with E-state index >= 15 is 0 Å². The van der Waals surface area contributed by atoms with Crippen LogP contribution in [0.1, 0.15) is 33.3 Å². The molecule has 0 amide bonds. The normalized spacial score (nSPS) is 20.8. The second-order valence-corrected chi connectivity index (χ2v) is 6.85. The van der Waals surface area contributed by atoms with Gasteiger partial charge in [-0.2, -0.15) is 0 Å². The average molecular weight is 292 g/mol. The number of fused-ring (bicyclic) bond motifs is 1. The number of benzene rings is 1. The molecule has 0 radical (unpaired) electrons. The van der Waals surface area contributed by atoms with Crippen LogP contribution in [-0.4, -0.2) is 23.3 Å². The Bertz CT molecular complexity index is 662. The van der Waals surface area contributed by atoms with Gasteiger partial charge in [0.25, 0.3) is 0 Å². The van der Waals surface area contributed by atoms with Crippen LogP contribution < -0.4 is 5.46 Å². The molecule has 1 fully saturated rings. The third-order valence-corrected chi connectivity index (χ3v) is 4.83. The molecule has 106 valence electrons. The highest BCUT2D eigenvalue weighted by atomic mass is 35.5. The molecule has 0 saturated carbocycles. The molecule has 20 heavy (non-hydrogen) atoms. The number of H-pyrrole nitrogens is 1. The van der Waals surface area contributed by atoms with E-state index in [-0.39, 0.29) is 11.2 Å². The van der Waals surface area contributed by atoms with Crippen LogP contribution in [0.15, 0.2) is 18.3 Å². The van der Waals surface area contributed by atoms with Gasteiger partial charge in [-0.15, -0.1) is 0 Å². The minimum atomic E-state index is -0.392. The summed E-state index contributed by atoms with van der Waals surface area (Å²) in [4.78, 5) is 3.22. The lowest BCUT2D eigenvalue weighted by atomic mass is 9.76. The molecule has 1 N–H and O–H groups in total. The summed E-state index contributed by atoms with van der Waals surface area (Å²) in [5.74, 6) is 0. The Kier molecular flexibility index (Phi) is 2.98. The van der Waals surface area contributed by atoms with Crippen LogP contribution in [0.2, 0.25) is 5.02 Å². The minimum Gasteiger partial charge on any atom is -0.399 e. The number of aryl methyl sites for hydroxylation is 1. The summed E-state index contributed by atoms with van der Waals surface area (Å²) >= 11 is 6.33. The van der Waals surface area contributed by atoms with E-state index in [1.54, 1.807) is 0 Å².